The number of hydrogen-bond donors (Lipinski definition) is 1. The minimum atomic E-state index is -0.566. The number of carbonyl (C=O) groups excluding carboxylic acids is 1. The maximum atomic E-state index is 12.8. The van der Waals surface area contributed by atoms with E-state index < -0.39 is 17.2 Å². The number of hydrogen-bond acceptors (Lipinski definition) is 6. The summed E-state index contributed by atoms with van der Waals surface area (Å²) in [6.45, 7) is 3.82. The van der Waals surface area contributed by atoms with Crippen LogP contribution in [-0.2, 0) is 32.0 Å². The van der Waals surface area contributed by atoms with Gasteiger partial charge in [0.05, 0.1) is 6.33 Å². The maximum absolute atomic E-state index is 12.8. The first-order valence-electron chi connectivity index (χ1n) is 10.3. The van der Waals surface area contributed by atoms with Gasteiger partial charge in [-0.1, -0.05) is 18.2 Å². The number of rotatable bonds is 5. The zero-order valence-corrected chi connectivity index (χ0v) is 18.0. The van der Waals surface area contributed by atoms with E-state index in [4.69, 9.17) is 0 Å². The third-order valence-electron chi connectivity index (χ3n) is 5.81. The Kier molecular flexibility index (Phi) is 5.64. The van der Waals surface area contributed by atoms with Crippen LogP contribution in [0.25, 0.3) is 11.2 Å². The largest absolute Gasteiger partial charge is 0.369 e. The highest BCUT2D eigenvalue weighted by Crippen LogP contribution is 2.21. The van der Waals surface area contributed by atoms with E-state index in [1.165, 1.54) is 17.9 Å². The van der Waals surface area contributed by atoms with Gasteiger partial charge < -0.3 is 19.7 Å². The molecule has 3 heterocycles. The lowest BCUT2D eigenvalue weighted by Crippen LogP contribution is -2.45. The van der Waals surface area contributed by atoms with E-state index in [0.717, 1.165) is 42.0 Å². The van der Waals surface area contributed by atoms with Gasteiger partial charge in [-0.25, -0.2) is 14.3 Å². The summed E-state index contributed by atoms with van der Waals surface area (Å²) in [6, 6.07) is 7.98. The Hall–Kier alpha value is -3.40. The normalized spacial score (nSPS) is 14.9. The Labute approximate surface area is 179 Å². The SMILES string of the molecule is CN1CCN(c2ccccc2CNC(=O)Cn2c(=O)c3c(ncn3C)n(C)c2=O)CC1. The highest BCUT2D eigenvalue weighted by atomic mass is 16.2. The highest BCUT2D eigenvalue weighted by Gasteiger charge is 2.19. The Morgan fingerprint density at radius 2 is 1.77 bits per heavy atom. The summed E-state index contributed by atoms with van der Waals surface area (Å²) in [5.41, 5.74) is 1.60. The zero-order valence-electron chi connectivity index (χ0n) is 18.0. The number of aryl methyl sites for hydroxylation is 2. The number of anilines is 1. The first-order valence-corrected chi connectivity index (χ1v) is 10.3. The second kappa shape index (κ2) is 8.38. The van der Waals surface area contributed by atoms with Crippen molar-refractivity contribution in [1.82, 2.24) is 28.9 Å². The highest BCUT2D eigenvalue weighted by molar-refractivity contribution is 5.77. The minimum absolute atomic E-state index is 0.287. The summed E-state index contributed by atoms with van der Waals surface area (Å²) in [7, 11) is 5.33. The van der Waals surface area contributed by atoms with Crippen molar-refractivity contribution in [3.63, 3.8) is 0 Å². The molecule has 1 amide bonds. The molecule has 3 aromatic rings. The number of fused-ring (bicyclic) bond motifs is 1. The van der Waals surface area contributed by atoms with Crippen LogP contribution in [0.4, 0.5) is 5.69 Å². The van der Waals surface area contributed by atoms with E-state index in [0.29, 0.717) is 12.2 Å². The van der Waals surface area contributed by atoms with Crippen LogP contribution >= 0.6 is 0 Å². The number of amides is 1. The quantitative estimate of drug-likeness (QED) is 0.592. The number of carbonyl (C=O) groups is 1. The lowest BCUT2D eigenvalue weighted by atomic mass is 10.1. The Bertz CT molecular complexity index is 1230. The molecule has 1 saturated heterocycles. The molecule has 0 bridgehead atoms. The third-order valence-corrected chi connectivity index (χ3v) is 5.81. The smallest absolute Gasteiger partial charge is 0.332 e. The number of likely N-dealkylation sites (N-methyl/N-ethyl adjacent to an activating group) is 1. The van der Waals surface area contributed by atoms with Gasteiger partial charge in [0, 0.05) is 52.5 Å². The van der Waals surface area contributed by atoms with Crippen molar-refractivity contribution in [2.45, 2.75) is 13.1 Å². The number of imidazole rings is 1. The average Bonchev–Trinajstić information content (AvgIpc) is 3.16. The molecule has 0 radical (unpaired) electrons. The van der Waals surface area contributed by atoms with Crippen LogP contribution in [-0.4, -0.2) is 62.7 Å². The fourth-order valence-electron chi connectivity index (χ4n) is 3.95. The molecule has 4 rings (SSSR count). The van der Waals surface area contributed by atoms with Gasteiger partial charge in [-0.15, -0.1) is 0 Å². The summed E-state index contributed by atoms with van der Waals surface area (Å²) in [6.07, 6.45) is 1.48. The van der Waals surface area contributed by atoms with Crippen LogP contribution in [0, 0.1) is 0 Å². The Morgan fingerprint density at radius 1 is 1.06 bits per heavy atom. The summed E-state index contributed by atoms with van der Waals surface area (Å²) < 4.78 is 3.79. The van der Waals surface area contributed by atoms with Crippen molar-refractivity contribution in [3.05, 3.63) is 57.0 Å². The predicted octanol–water partition coefficient (Wildman–Crippen LogP) is -0.498. The Morgan fingerprint density at radius 3 is 2.52 bits per heavy atom. The molecular formula is C21H27N7O3. The first kappa shape index (κ1) is 20.9. The fourth-order valence-corrected chi connectivity index (χ4v) is 3.95. The molecule has 1 aliphatic heterocycles. The van der Waals surface area contributed by atoms with Gasteiger partial charge in [-0.2, -0.15) is 0 Å². The molecule has 1 aliphatic rings. The monoisotopic (exact) mass is 425 g/mol. The van der Waals surface area contributed by atoms with Crippen LogP contribution in [0.2, 0.25) is 0 Å². The van der Waals surface area contributed by atoms with Gasteiger partial charge in [0.25, 0.3) is 5.56 Å². The maximum Gasteiger partial charge on any atom is 0.332 e. The minimum Gasteiger partial charge on any atom is -0.369 e. The van der Waals surface area contributed by atoms with E-state index in [1.807, 2.05) is 18.2 Å². The third kappa shape index (κ3) is 3.98. The molecule has 164 valence electrons. The van der Waals surface area contributed by atoms with Gasteiger partial charge in [-0.05, 0) is 18.7 Å². The molecule has 10 heteroatoms. The number of benzene rings is 1. The van der Waals surface area contributed by atoms with Gasteiger partial charge in [0.1, 0.15) is 6.54 Å². The fraction of sp³-hybridized carbons (Fsp3) is 0.429. The summed E-state index contributed by atoms with van der Waals surface area (Å²) in [4.78, 5) is 46.7. The van der Waals surface area contributed by atoms with E-state index in [9.17, 15) is 14.4 Å². The lowest BCUT2D eigenvalue weighted by Gasteiger charge is -2.35. The number of nitrogens with one attached hydrogen (secondary N) is 1. The molecule has 31 heavy (non-hydrogen) atoms. The molecule has 1 fully saturated rings. The predicted molar refractivity (Wildman–Crippen MR) is 118 cm³/mol. The second-order valence-corrected chi connectivity index (χ2v) is 7.96. The van der Waals surface area contributed by atoms with E-state index in [1.54, 1.807) is 11.6 Å². The van der Waals surface area contributed by atoms with Crippen LogP contribution in [0.1, 0.15) is 5.56 Å². The van der Waals surface area contributed by atoms with Gasteiger partial charge >= 0.3 is 5.69 Å². The standard InChI is InChI=1S/C21H27N7O3/c1-24-8-10-27(11-9-24)16-7-5-4-6-15(16)12-22-17(29)13-28-20(30)18-19(23-14-25(18)2)26(3)21(28)31/h4-7,14H,8-13H2,1-3H3,(H,22,29). The van der Waals surface area contributed by atoms with Crippen molar-refractivity contribution in [2.24, 2.45) is 14.1 Å². The van der Waals surface area contributed by atoms with Crippen LogP contribution in [0.15, 0.2) is 40.2 Å². The molecule has 1 aromatic carbocycles. The summed E-state index contributed by atoms with van der Waals surface area (Å²) in [5, 5.41) is 2.86. The lowest BCUT2D eigenvalue weighted by molar-refractivity contribution is -0.121. The molecule has 0 atom stereocenters. The molecule has 0 saturated carbocycles. The molecule has 0 unspecified atom stereocenters. The summed E-state index contributed by atoms with van der Waals surface area (Å²) >= 11 is 0. The van der Waals surface area contributed by atoms with E-state index >= 15 is 0 Å². The molecule has 0 spiro atoms. The number of aromatic nitrogens is 4. The first-order chi connectivity index (χ1) is 14.9. The van der Waals surface area contributed by atoms with Crippen molar-refractivity contribution in [2.75, 3.05) is 38.1 Å². The van der Waals surface area contributed by atoms with Gasteiger partial charge in [0.15, 0.2) is 11.2 Å². The molecule has 1 N–H and O–H groups in total. The van der Waals surface area contributed by atoms with Crippen molar-refractivity contribution >= 4 is 22.8 Å². The van der Waals surface area contributed by atoms with Gasteiger partial charge in [-0.3, -0.25) is 14.2 Å². The summed E-state index contributed by atoms with van der Waals surface area (Å²) in [5.74, 6) is -0.395. The molecule has 0 aliphatic carbocycles. The van der Waals surface area contributed by atoms with Crippen molar-refractivity contribution < 1.29 is 4.79 Å². The zero-order chi connectivity index (χ0) is 22.1. The number of para-hydroxylation sites is 1. The number of nitrogens with zero attached hydrogens (tertiary/aromatic N) is 6. The molecule has 2 aromatic heterocycles. The van der Waals surface area contributed by atoms with Crippen LogP contribution in [0.3, 0.4) is 0 Å². The molecular weight excluding hydrogens is 398 g/mol. The second-order valence-electron chi connectivity index (χ2n) is 7.96. The average molecular weight is 425 g/mol. The van der Waals surface area contributed by atoms with E-state index in [2.05, 4.69) is 33.2 Å². The van der Waals surface area contributed by atoms with Crippen LogP contribution in [0.5, 0.6) is 0 Å². The Balaban J connectivity index is 1.51. The van der Waals surface area contributed by atoms with Crippen LogP contribution < -0.4 is 21.5 Å². The van der Waals surface area contributed by atoms with Crippen molar-refractivity contribution in [3.8, 4) is 0 Å². The topological polar surface area (TPSA) is 97.4 Å². The van der Waals surface area contributed by atoms with Crippen molar-refractivity contribution in [1.29, 1.82) is 0 Å². The molecule has 10 nitrogen and oxygen atoms in total. The number of piperazine rings is 1. The van der Waals surface area contributed by atoms with E-state index in [-0.39, 0.29) is 12.1 Å². The van der Waals surface area contributed by atoms with Gasteiger partial charge in [0.2, 0.25) is 5.91 Å².